The molecule has 0 aliphatic carbocycles. The molecule has 4 nitrogen and oxygen atoms in total. The van der Waals surface area contributed by atoms with Crippen LogP contribution in [0.25, 0.3) is 0 Å². The fraction of sp³-hybridized carbons (Fsp3) is 0.750. The van der Waals surface area contributed by atoms with Crippen LogP contribution in [0.5, 0.6) is 0 Å². The summed E-state index contributed by atoms with van der Waals surface area (Å²) in [6, 6.07) is -0.728. The Morgan fingerprint density at radius 3 is 2.92 bits per heavy atom. The van der Waals surface area contributed by atoms with Crippen molar-refractivity contribution < 1.29 is 9.59 Å². The lowest BCUT2D eigenvalue weighted by Gasteiger charge is -2.22. The van der Waals surface area contributed by atoms with Crippen LogP contribution in [0.15, 0.2) is 0 Å². The standard InChI is InChI=1S/C8H14N2O2/c1-6(9)8(12)10-4-2-3-7(10)5-11/h5-7H,2-4,9H2,1H3/t6-,7-/m0/s1. The van der Waals surface area contributed by atoms with Crippen LogP contribution in [-0.4, -0.2) is 35.7 Å². The Labute approximate surface area is 71.7 Å². The quantitative estimate of drug-likeness (QED) is 0.569. The molecule has 68 valence electrons. The van der Waals surface area contributed by atoms with Gasteiger partial charge in [0.05, 0.1) is 12.1 Å². The first kappa shape index (κ1) is 9.19. The Bertz CT molecular complexity index is 191. The number of rotatable bonds is 2. The molecule has 2 atom stereocenters. The molecule has 1 aliphatic heterocycles. The molecule has 0 aromatic rings. The Morgan fingerprint density at radius 2 is 2.42 bits per heavy atom. The molecular formula is C8H14N2O2. The number of nitrogens with two attached hydrogens (primary N) is 1. The van der Waals surface area contributed by atoms with Gasteiger partial charge in [-0.3, -0.25) is 4.79 Å². The van der Waals surface area contributed by atoms with E-state index in [4.69, 9.17) is 5.73 Å². The SMILES string of the molecule is C[C@H](N)C(=O)N1CCC[C@H]1C=O. The molecule has 0 aromatic carbocycles. The van der Waals surface area contributed by atoms with Crippen molar-refractivity contribution in [2.45, 2.75) is 31.8 Å². The summed E-state index contributed by atoms with van der Waals surface area (Å²) in [5.41, 5.74) is 5.43. The van der Waals surface area contributed by atoms with E-state index in [-0.39, 0.29) is 11.9 Å². The molecule has 1 rings (SSSR count). The zero-order valence-electron chi connectivity index (χ0n) is 7.19. The molecule has 1 saturated heterocycles. The van der Waals surface area contributed by atoms with E-state index in [1.165, 1.54) is 0 Å². The van der Waals surface area contributed by atoms with Gasteiger partial charge in [-0.15, -0.1) is 0 Å². The van der Waals surface area contributed by atoms with Gasteiger partial charge >= 0.3 is 0 Å². The highest BCUT2D eigenvalue weighted by Gasteiger charge is 2.29. The number of likely N-dealkylation sites (tertiary alicyclic amines) is 1. The van der Waals surface area contributed by atoms with Gasteiger partial charge in [-0.1, -0.05) is 0 Å². The molecular weight excluding hydrogens is 156 g/mol. The molecule has 12 heavy (non-hydrogen) atoms. The van der Waals surface area contributed by atoms with Gasteiger partial charge < -0.3 is 15.4 Å². The maximum Gasteiger partial charge on any atom is 0.239 e. The molecule has 0 saturated carbocycles. The topological polar surface area (TPSA) is 63.4 Å². The van der Waals surface area contributed by atoms with E-state index >= 15 is 0 Å². The maximum atomic E-state index is 11.4. The van der Waals surface area contributed by atoms with Gasteiger partial charge in [0.15, 0.2) is 0 Å². The van der Waals surface area contributed by atoms with Crippen LogP contribution in [0.1, 0.15) is 19.8 Å². The lowest BCUT2D eigenvalue weighted by atomic mass is 10.2. The molecule has 4 heteroatoms. The molecule has 0 radical (unpaired) electrons. The third-order valence-corrected chi connectivity index (χ3v) is 2.13. The van der Waals surface area contributed by atoms with Gasteiger partial charge in [-0.2, -0.15) is 0 Å². The van der Waals surface area contributed by atoms with Crippen molar-refractivity contribution in [1.29, 1.82) is 0 Å². The van der Waals surface area contributed by atoms with Crippen molar-refractivity contribution in [3.8, 4) is 0 Å². The number of amides is 1. The average molecular weight is 170 g/mol. The van der Waals surface area contributed by atoms with Crippen LogP contribution in [0.3, 0.4) is 0 Å². The first-order chi connectivity index (χ1) is 5.66. The summed E-state index contributed by atoms with van der Waals surface area (Å²) in [6.07, 6.45) is 2.51. The molecule has 0 bridgehead atoms. The molecule has 0 spiro atoms. The first-order valence-electron chi connectivity index (χ1n) is 4.18. The van der Waals surface area contributed by atoms with Crippen molar-refractivity contribution in [2.24, 2.45) is 5.73 Å². The highest BCUT2D eigenvalue weighted by molar-refractivity contribution is 5.84. The van der Waals surface area contributed by atoms with E-state index < -0.39 is 6.04 Å². The number of nitrogens with zero attached hydrogens (tertiary/aromatic N) is 1. The summed E-state index contributed by atoms with van der Waals surface area (Å²) in [4.78, 5) is 23.4. The van der Waals surface area contributed by atoms with E-state index in [2.05, 4.69) is 0 Å². The lowest BCUT2D eigenvalue weighted by molar-refractivity contribution is -0.135. The summed E-state index contributed by atoms with van der Waals surface area (Å²) >= 11 is 0. The smallest absolute Gasteiger partial charge is 0.239 e. The number of hydrogen-bond donors (Lipinski definition) is 1. The molecule has 1 aliphatic rings. The van der Waals surface area contributed by atoms with Crippen LogP contribution in [-0.2, 0) is 9.59 Å². The van der Waals surface area contributed by atoms with Crippen molar-refractivity contribution in [3.05, 3.63) is 0 Å². The Hall–Kier alpha value is -0.900. The number of hydrogen-bond acceptors (Lipinski definition) is 3. The van der Waals surface area contributed by atoms with E-state index in [0.29, 0.717) is 6.54 Å². The van der Waals surface area contributed by atoms with Gasteiger partial charge in [-0.05, 0) is 19.8 Å². The van der Waals surface area contributed by atoms with Gasteiger partial charge in [0.1, 0.15) is 6.29 Å². The summed E-state index contributed by atoms with van der Waals surface area (Å²) in [5.74, 6) is -0.121. The third kappa shape index (κ3) is 1.64. The molecule has 0 aromatic heterocycles. The van der Waals surface area contributed by atoms with E-state index in [0.717, 1.165) is 19.1 Å². The van der Waals surface area contributed by atoms with Crippen molar-refractivity contribution in [3.63, 3.8) is 0 Å². The van der Waals surface area contributed by atoms with Gasteiger partial charge in [0, 0.05) is 6.54 Å². The number of carbonyl (C=O) groups excluding carboxylic acids is 2. The van der Waals surface area contributed by atoms with Gasteiger partial charge in [-0.25, -0.2) is 0 Å². The third-order valence-electron chi connectivity index (χ3n) is 2.13. The Kier molecular flexibility index (Phi) is 2.81. The zero-order valence-corrected chi connectivity index (χ0v) is 7.19. The van der Waals surface area contributed by atoms with Crippen LogP contribution >= 0.6 is 0 Å². The largest absolute Gasteiger partial charge is 0.332 e. The first-order valence-corrected chi connectivity index (χ1v) is 4.18. The van der Waals surface area contributed by atoms with Crippen LogP contribution in [0.4, 0.5) is 0 Å². The van der Waals surface area contributed by atoms with E-state index in [9.17, 15) is 9.59 Å². The minimum absolute atomic E-state index is 0.121. The predicted octanol–water partition coefficient (Wildman–Crippen LogP) is -0.476. The highest BCUT2D eigenvalue weighted by Crippen LogP contribution is 2.15. The summed E-state index contributed by atoms with van der Waals surface area (Å²) < 4.78 is 0. The second-order valence-electron chi connectivity index (χ2n) is 3.17. The lowest BCUT2D eigenvalue weighted by Crippen LogP contribution is -2.45. The molecule has 1 heterocycles. The van der Waals surface area contributed by atoms with Crippen molar-refractivity contribution >= 4 is 12.2 Å². The fourth-order valence-corrected chi connectivity index (χ4v) is 1.47. The predicted molar refractivity (Wildman–Crippen MR) is 44.4 cm³/mol. The minimum Gasteiger partial charge on any atom is -0.332 e. The van der Waals surface area contributed by atoms with E-state index in [1.54, 1.807) is 11.8 Å². The number of aldehydes is 1. The fourth-order valence-electron chi connectivity index (χ4n) is 1.47. The highest BCUT2D eigenvalue weighted by atomic mass is 16.2. The second kappa shape index (κ2) is 3.67. The van der Waals surface area contributed by atoms with Crippen LogP contribution in [0.2, 0.25) is 0 Å². The Morgan fingerprint density at radius 1 is 1.75 bits per heavy atom. The second-order valence-corrected chi connectivity index (χ2v) is 3.17. The normalized spacial score (nSPS) is 25.5. The Balaban J connectivity index is 2.61. The van der Waals surface area contributed by atoms with Crippen molar-refractivity contribution in [1.82, 2.24) is 4.90 Å². The molecule has 0 unspecified atom stereocenters. The van der Waals surface area contributed by atoms with E-state index in [1.807, 2.05) is 0 Å². The zero-order chi connectivity index (χ0) is 9.14. The average Bonchev–Trinajstić information content (AvgIpc) is 2.49. The maximum absolute atomic E-state index is 11.4. The molecule has 2 N–H and O–H groups in total. The van der Waals surface area contributed by atoms with Crippen LogP contribution < -0.4 is 5.73 Å². The summed E-state index contributed by atoms with van der Waals surface area (Å²) in [6.45, 7) is 2.31. The van der Waals surface area contributed by atoms with Gasteiger partial charge in [0.2, 0.25) is 5.91 Å². The number of carbonyl (C=O) groups is 2. The monoisotopic (exact) mass is 170 g/mol. The summed E-state index contributed by atoms with van der Waals surface area (Å²) in [5, 5.41) is 0. The van der Waals surface area contributed by atoms with Crippen LogP contribution in [0, 0.1) is 0 Å². The minimum atomic E-state index is -0.495. The van der Waals surface area contributed by atoms with Gasteiger partial charge in [0.25, 0.3) is 0 Å². The molecule has 1 amide bonds. The molecule has 1 fully saturated rings. The van der Waals surface area contributed by atoms with Crippen molar-refractivity contribution in [2.75, 3.05) is 6.54 Å². The summed E-state index contributed by atoms with van der Waals surface area (Å²) in [7, 11) is 0.